The van der Waals surface area contributed by atoms with Crippen LogP contribution in [0.2, 0.25) is 0 Å². The van der Waals surface area contributed by atoms with Gasteiger partial charge in [0.1, 0.15) is 5.82 Å². The molecule has 0 unspecified atom stereocenters. The Bertz CT molecular complexity index is 485. The molecule has 1 aliphatic rings. The van der Waals surface area contributed by atoms with Gasteiger partial charge >= 0.3 is 0 Å². The summed E-state index contributed by atoms with van der Waals surface area (Å²) >= 11 is 0. The zero-order chi connectivity index (χ0) is 14.6. The number of hydrogen-bond donors (Lipinski definition) is 2. The monoisotopic (exact) mass is 280 g/mol. The van der Waals surface area contributed by atoms with Crippen molar-refractivity contribution < 1.29 is 13.9 Å². The fraction of sp³-hybridized carbons (Fsp3) is 0.533. The minimum Gasteiger partial charge on any atom is -0.381 e. The summed E-state index contributed by atoms with van der Waals surface area (Å²) in [4.78, 5) is 12.4. The van der Waals surface area contributed by atoms with Crippen LogP contribution in [0.5, 0.6) is 0 Å². The van der Waals surface area contributed by atoms with Crippen LogP contribution in [-0.2, 0) is 16.1 Å². The van der Waals surface area contributed by atoms with Gasteiger partial charge in [0.2, 0.25) is 5.91 Å². The lowest BCUT2D eigenvalue weighted by Gasteiger charge is -2.34. The van der Waals surface area contributed by atoms with E-state index >= 15 is 0 Å². The van der Waals surface area contributed by atoms with Crippen LogP contribution in [0.1, 0.15) is 24.0 Å². The average molecular weight is 280 g/mol. The molecule has 0 aliphatic carbocycles. The van der Waals surface area contributed by atoms with Crippen LogP contribution < -0.4 is 11.1 Å². The summed E-state index contributed by atoms with van der Waals surface area (Å²) in [6, 6.07) is 4.85. The molecule has 1 aromatic rings. The lowest BCUT2D eigenvalue weighted by Crippen LogP contribution is -2.48. The van der Waals surface area contributed by atoms with E-state index < -0.39 is 5.41 Å². The van der Waals surface area contributed by atoms with E-state index in [0.717, 1.165) is 5.56 Å². The first-order valence-corrected chi connectivity index (χ1v) is 6.88. The van der Waals surface area contributed by atoms with Gasteiger partial charge in [0.05, 0.1) is 5.41 Å². The fourth-order valence-corrected chi connectivity index (χ4v) is 2.47. The molecule has 0 aromatic heterocycles. The van der Waals surface area contributed by atoms with E-state index in [0.29, 0.717) is 44.7 Å². The molecule has 0 radical (unpaired) electrons. The molecule has 20 heavy (non-hydrogen) atoms. The third-order valence-corrected chi connectivity index (χ3v) is 4.00. The summed E-state index contributed by atoms with van der Waals surface area (Å²) in [5.41, 5.74) is 6.73. The predicted molar refractivity (Wildman–Crippen MR) is 74.5 cm³/mol. The van der Waals surface area contributed by atoms with Crippen molar-refractivity contribution in [2.45, 2.75) is 26.3 Å². The van der Waals surface area contributed by atoms with Gasteiger partial charge in [-0.25, -0.2) is 4.39 Å². The molecule has 110 valence electrons. The van der Waals surface area contributed by atoms with Crippen molar-refractivity contribution >= 4 is 5.91 Å². The molecule has 1 fully saturated rings. The van der Waals surface area contributed by atoms with Gasteiger partial charge in [-0.15, -0.1) is 0 Å². The van der Waals surface area contributed by atoms with Gasteiger partial charge in [0.25, 0.3) is 0 Å². The van der Waals surface area contributed by atoms with Gasteiger partial charge < -0.3 is 15.8 Å². The smallest absolute Gasteiger partial charge is 0.227 e. The van der Waals surface area contributed by atoms with Gasteiger partial charge in [-0.1, -0.05) is 12.1 Å². The number of nitrogens with two attached hydrogens (primary N) is 1. The standard InChI is InChI=1S/C15H21FN2O2/c1-11-8-12(2-3-13(11)16)9-18-14(19)15(10-17)4-6-20-7-5-15/h2-3,8H,4-7,9-10,17H2,1H3,(H,18,19). The van der Waals surface area contributed by atoms with Crippen molar-refractivity contribution in [3.05, 3.63) is 35.1 Å². The second-order valence-electron chi connectivity index (χ2n) is 5.36. The van der Waals surface area contributed by atoms with Crippen LogP contribution >= 0.6 is 0 Å². The highest BCUT2D eigenvalue weighted by molar-refractivity contribution is 5.83. The van der Waals surface area contributed by atoms with Gasteiger partial charge in [-0.2, -0.15) is 0 Å². The number of carbonyl (C=O) groups is 1. The molecule has 1 amide bonds. The van der Waals surface area contributed by atoms with Crippen LogP contribution in [0.25, 0.3) is 0 Å². The number of amides is 1. The fourth-order valence-electron chi connectivity index (χ4n) is 2.47. The zero-order valence-corrected chi connectivity index (χ0v) is 11.7. The third-order valence-electron chi connectivity index (χ3n) is 4.00. The zero-order valence-electron chi connectivity index (χ0n) is 11.7. The maximum atomic E-state index is 13.2. The first kappa shape index (κ1) is 14.9. The van der Waals surface area contributed by atoms with Crippen LogP contribution in [0.4, 0.5) is 4.39 Å². The SMILES string of the molecule is Cc1cc(CNC(=O)C2(CN)CCOCC2)ccc1F. The minimum absolute atomic E-state index is 0.0368. The van der Waals surface area contributed by atoms with E-state index in [2.05, 4.69) is 5.32 Å². The molecule has 1 aromatic carbocycles. The third kappa shape index (κ3) is 3.16. The Morgan fingerprint density at radius 1 is 1.45 bits per heavy atom. The highest BCUT2D eigenvalue weighted by Crippen LogP contribution is 2.29. The quantitative estimate of drug-likeness (QED) is 0.878. The molecule has 0 atom stereocenters. The Kier molecular flexibility index (Phi) is 4.73. The lowest BCUT2D eigenvalue weighted by atomic mass is 9.79. The molecule has 0 saturated carbocycles. The van der Waals surface area contributed by atoms with Crippen molar-refractivity contribution in [1.29, 1.82) is 0 Å². The number of nitrogens with one attached hydrogen (secondary N) is 1. The van der Waals surface area contributed by atoms with E-state index in [1.165, 1.54) is 6.07 Å². The molecular formula is C15H21FN2O2. The molecule has 3 N–H and O–H groups in total. The Hall–Kier alpha value is -1.46. The summed E-state index contributed by atoms with van der Waals surface area (Å²) in [7, 11) is 0. The Balaban J connectivity index is 1.98. The molecule has 5 heteroatoms. The van der Waals surface area contributed by atoms with Crippen molar-refractivity contribution in [2.24, 2.45) is 11.1 Å². The number of ether oxygens (including phenoxy) is 1. The molecule has 0 bridgehead atoms. The number of carbonyl (C=O) groups excluding carboxylic acids is 1. The number of benzene rings is 1. The second-order valence-corrected chi connectivity index (χ2v) is 5.36. The van der Waals surface area contributed by atoms with Crippen LogP contribution in [-0.4, -0.2) is 25.7 Å². The van der Waals surface area contributed by atoms with Gasteiger partial charge in [0.15, 0.2) is 0 Å². The molecular weight excluding hydrogens is 259 g/mol. The number of aryl methyl sites for hydroxylation is 1. The maximum absolute atomic E-state index is 13.2. The highest BCUT2D eigenvalue weighted by atomic mass is 19.1. The van der Waals surface area contributed by atoms with Crippen molar-refractivity contribution in [2.75, 3.05) is 19.8 Å². The van der Waals surface area contributed by atoms with Crippen LogP contribution in [0, 0.1) is 18.2 Å². The largest absolute Gasteiger partial charge is 0.381 e. The molecule has 1 heterocycles. The first-order chi connectivity index (χ1) is 9.57. The normalized spacial score (nSPS) is 17.8. The van der Waals surface area contributed by atoms with Crippen LogP contribution in [0.3, 0.4) is 0 Å². The number of rotatable bonds is 4. The highest BCUT2D eigenvalue weighted by Gasteiger charge is 2.38. The second kappa shape index (κ2) is 6.33. The summed E-state index contributed by atoms with van der Waals surface area (Å²) in [5, 5.41) is 2.91. The molecule has 2 rings (SSSR count). The molecule has 4 nitrogen and oxygen atoms in total. The molecule has 1 aliphatic heterocycles. The molecule has 0 spiro atoms. The van der Waals surface area contributed by atoms with E-state index in [-0.39, 0.29) is 11.7 Å². The summed E-state index contributed by atoms with van der Waals surface area (Å²) in [6.45, 7) is 3.56. The minimum atomic E-state index is -0.521. The lowest BCUT2D eigenvalue weighted by molar-refractivity contribution is -0.136. The van der Waals surface area contributed by atoms with Crippen molar-refractivity contribution in [3.8, 4) is 0 Å². The maximum Gasteiger partial charge on any atom is 0.227 e. The van der Waals surface area contributed by atoms with E-state index in [9.17, 15) is 9.18 Å². The van der Waals surface area contributed by atoms with Gasteiger partial charge in [-0.05, 0) is 37.0 Å². The van der Waals surface area contributed by atoms with Crippen molar-refractivity contribution in [1.82, 2.24) is 5.32 Å². The summed E-state index contributed by atoms with van der Waals surface area (Å²) in [6.07, 6.45) is 1.30. The van der Waals surface area contributed by atoms with Gasteiger partial charge in [0, 0.05) is 26.3 Å². The van der Waals surface area contributed by atoms with Crippen molar-refractivity contribution in [3.63, 3.8) is 0 Å². The summed E-state index contributed by atoms with van der Waals surface area (Å²) < 4.78 is 18.5. The number of hydrogen-bond acceptors (Lipinski definition) is 3. The first-order valence-electron chi connectivity index (χ1n) is 6.88. The Morgan fingerprint density at radius 3 is 2.75 bits per heavy atom. The topological polar surface area (TPSA) is 64.4 Å². The Morgan fingerprint density at radius 2 is 2.15 bits per heavy atom. The summed E-state index contributed by atoms with van der Waals surface area (Å²) in [5.74, 6) is -0.270. The average Bonchev–Trinajstić information content (AvgIpc) is 2.48. The van der Waals surface area contributed by atoms with E-state index in [4.69, 9.17) is 10.5 Å². The number of halogens is 1. The van der Waals surface area contributed by atoms with E-state index in [1.54, 1.807) is 19.1 Å². The van der Waals surface area contributed by atoms with E-state index in [1.807, 2.05) is 0 Å². The van der Waals surface area contributed by atoms with Crippen LogP contribution in [0.15, 0.2) is 18.2 Å². The molecule has 1 saturated heterocycles. The Labute approximate surface area is 118 Å². The van der Waals surface area contributed by atoms with Gasteiger partial charge in [-0.3, -0.25) is 4.79 Å². The predicted octanol–water partition coefficient (Wildman–Crippen LogP) is 1.51.